The topological polar surface area (TPSA) is 59.9 Å². The molecule has 0 amide bonds. The third kappa shape index (κ3) is 7.87. The van der Waals surface area contributed by atoms with Crippen molar-refractivity contribution >= 4 is 29.9 Å². The molecule has 0 aromatic heterocycles. The molecule has 2 saturated carbocycles. The quantitative estimate of drug-likeness (QED) is 0.330. The summed E-state index contributed by atoms with van der Waals surface area (Å²) in [6, 6.07) is 1.21. The van der Waals surface area contributed by atoms with Gasteiger partial charge in [-0.1, -0.05) is 19.3 Å². The Morgan fingerprint density at radius 1 is 1.08 bits per heavy atom. The van der Waals surface area contributed by atoms with Gasteiger partial charge in [-0.2, -0.15) is 0 Å². The molecule has 0 unspecified atom stereocenters. The predicted molar refractivity (Wildman–Crippen MR) is 112 cm³/mol. The van der Waals surface area contributed by atoms with E-state index in [9.17, 15) is 5.11 Å². The number of hydrogen-bond donors (Lipinski definition) is 3. The first kappa shape index (κ1) is 22.0. The van der Waals surface area contributed by atoms with Gasteiger partial charge in [0.2, 0.25) is 0 Å². The van der Waals surface area contributed by atoms with E-state index in [1.807, 2.05) is 0 Å². The van der Waals surface area contributed by atoms with Crippen molar-refractivity contribution in [2.75, 3.05) is 26.7 Å². The van der Waals surface area contributed by atoms with Crippen molar-refractivity contribution in [3.05, 3.63) is 0 Å². The summed E-state index contributed by atoms with van der Waals surface area (Å²) >= 11 is 0. The van der Waals surface area contributed by atoms with Gasteiger partial charge in [0.1, 0.15) is 0 Å². The van der Waals surface area contributed by atoms with Crippen LogP contribution < -0.4 is 10.6 Å². The minimum atomic E-state index is -0.100. The molecule has 0 aliphatic heterocycles. The fourth-order valence-electron chi connectivity index (χ4n) is 3.76. The molecular weight excluding hydrogens is 415 g/mol. The first-order valence-electron chi connectivity index (χ1n) is 9.62. The molecule has 0 radical (unpaired) electrons. The van der Waals surface area contributed by atoms with Crippen molar-refractivity contribution < 1.29 is 5.11 Å². The van der Waals surface area contributed by atoms with Crippen LogP contribution in [0.15, 0.2) is 4.99 Å². The smallest absolute Gasteiger partial charge is 0.191 e. The molecule has 24 heavy (non-hydrogen) atoms. The fraction of sp³-hybridized carbons (Fsp3) is 0.944. The van der Waals surface area contributed by atoms with E-state index >= 15 is 0 Å². The third-order valence-electron chi connectivity index (χ3n) is 5.30. The molecule has 2 aliphatic carbocycles. The van der Waals surface area contributed by atoms with Crippen molar-refractivity contribution in [3.8, 4) is 0 Å². The van der Waals surface area contributed by atoms with E-state index in [-0.39, 0.29) is 30.1 Å². The number of aliphatic imine (C=N–C) groups is 1. The molecule has 0 saturated heterocycles. The van der Waals surface area contributed by atoms with Gasteiger partial charge in [0, 0.05) is 25.2 Å². The number of aliphatic hydroxyl groups excluding tert-OH is 1. The van der Waals surface area contributed by atoms with Gasteiger partial charge >= 0.3 is 0 Å². The number of halogens is 1. The SMILES string of the molecule is CCNC(=NCCN(C)C1CCCCC1)NC1CCC(O)CC1.I. The molecule has 0 atom stereocenters. The van der Waals surface area contributed by atoms with Crippen LogP contribution in [-0.2, 0) is 0 Å². The van der Waals surface area contributed by atoms with Crippen LogP contribution in [0.3, 0.4) is 0 Å². The Morgan fingerprint density at radius 3 is 2.38 bits per heavy atom. The second kappa shape index (κ2) is 12.3. The summed E-state index contributed by atoms with van der Waals surface area (Å²) in [6.45, 7) is 4.87. The van der Waals surface area contributed by atoms with Crippen LogP contribution in [0.5, 0.6) is 0 Å². The largest absolute Gasteiger partial charge is 0.393 e. The lowest BCUT2D eigenvalue weighted by molar-refractivity contribution is 0.120. The summed E-state index contributed by atoms with van der Waals surface area (Å²) in [5.41, 5.74) is 0. The Morgan fingerprint density at radius 2 is 1.75 bits per heavy atom. The predicted octanol–water partition coefficient (Wildman–Crippen LogP) is 2.73. The normalized spacial score (nSPS) is 26.1. The monoisotopic (exact) mass is 452 g/mol. The van der Waals surface area contributed by atoms with E-state index < -0.39 is 0 Å². The molecule has 3 N–H and O–H groups in total. The van der Waals surface area contributed by atoms with E-state index in [1.165, 1.54) is 32.1 Å². The fourth-order valence-corrected chi connectivity index (χ4v) is 3.76. The minimum absolute atomic E-state index is 0. The highest BCUT2D eigenvalue weighted by Gasteiger charge is 2.20. The van der Waals surface area contributed by atoms with Gasteiger partial charge in [0.05, 0.1) is 12.6 Å². The lowest BCUT2D eigenvalue weighted by atomic mass is 9.93. The summed E-state index contributed by atoms with van der Waals surface area (Å²) in [6.07, 6.45) is 10.7. The van der Waals surface area contributed by atoms with E-state index in [0.717, 1.165) is 57.3 Å². The number of rotatable bonds is 6. The van der Waals surface area contributed by atoms with Crippen LogP contribution in [0.25, 0.3) is 0 Å². The highest BCUT2D eigenvalue weighted by Crippen LogP contribution is 2.21. The molecule has 5 nitrogen and oxygen atoms in total. The average molecular weight is 452 g/mol. The number of likely N-dealkylation sites (N-methyl/N-ethyl adjacent to an activating group) is 1. The van der Waals surface area contributed by atoms with Crippen molar-refractivity contribution in [1.82, 2.24) is 15.5 Å². The van der Waals surface area contributed by atoms with E-state index in [1.54, 1.807) is 0 Å². The minimum Gasteiger partial charge on any atom is -0.393 e. The van der Waals surface area contributed by atoms with Crippen molar-refractivity contribution in [2.45, 2.75) is 82.9 Å². The van der Waals surface area contributed by atoms with Crippen molar-refractivity contribution in [2.24, 2.45) is 4.99 Å². The summed E-state index contributed by atoms with van der Waals surface area (Å²) in [7, 11) is 2.24. The van der Waals surface area contributed by atoms with Gasteiger partial charge in [0.25, 0.3) is 0 Å². The molecule has 0 aromatic carbocycles. The Labute approximate surface area is 165 Å². The summed E-state index contributed by atoms with van der Waals surface area (Å²) < 4.78 is 0. The Bertz CT molecular complexity index is 353. The van der Waals surface area contributed by atoms with Crippen LogP contribution in [-0.4, -0.2) is 60.8 Å². The van der Waals surface area contributed by atoms with Crippen molar-refractivity contribution in [1.29, 1.82) is 0 Å². The second-order valence-electron chi connectivity index (χ2n) is 7.18. The molecule has 2 rings (SSSR count). The summed E-state index contributed by atoms with van der Waals surface area (Å²) in [5, 5.41) is 16.5. The van der Waals surface area contributed by atoms with E-state index in [0.29, 0.717) is 6.04 Å². The summed E-state index contributed by atoms with van der Waals surface area (Å²) in [5.74, 6) is 0.936. The molecule has 0 bridgehead atoms. The van der Waals surface area contributed by atoms with Crippen LogP contribution in [0.2, 0.25) is 0 Å². The first-order chi connectivity index (χ1) is 11.2. The maximum Gasteiger partial charge on any atom is 0.191 e. The molecule has 2 fully saturated rings. The van der Waals surface area contributed by atoms with Gasteiger partial charge in [-0.15, -0.1) is 24.0 Å². The standard InChI is InChI=1S/C18H36N4O.HI/c1-3-19-18(21-15-9-11-17(23)12-10-15)20-13-14-22(2)16-7-5-4-6-8-16;/h15-17,23H,3-14H2,1-2H3,(H2,19,20,21);1H. The highest BCUT2D eigenvalue weighted by molar-refractivity contribution is 14.0. The molecule has 0 heterocycles. The van der Waals surface area contributed by atoms with Gasteiger partial charge in [-0.25, -0.2) is 0 Å². The Hall–Kier alpha value is -0.0800. The number of aliphatic hydroxyl groups is 1. The second-order valence-corrected chi connectivity index (χ2v) is 7.18. The lowest BCUT2D eigenvalue weighted by Crippen LogP contribution is -2.45. The molecule has 142 valence electrons. The average Bonchev–Trinajstić information content (AvgIpc) is 2.58. The zero-order valence-corrected chi connectivity index (χ0v) is 17.8. The van der Waals surface area contributed by atoms with Crippen LogP contribution in [0, 0.1) is 0 Å². The van der Waals surface area contributed by atoms with Crippen LogP contribution >= 0.6 is 24.0 Å². The molecule has 0 aromatic rings. The highest BCUT2D eigenvalue weighted by atomic mass is 127. The van der Waals surface area contributed by atoms with Crippen LogP contribution in [0.1, 0.15) is 64.7 Å². The number of hydrogen-bond acceptors (Lipinski definition) is 3. The zero-order chi connectivity index (χ0) is 16.5. The molecule has 0 spiro atoms. The van der Waals surface area contributed by atoms with Gasteiger partial charge in [-0.3, -0.25) is 4.99 Å². The van der Waals surface area contributed by atoms with E-state index in [2.05, 4.69) is 29.5 Å². The molecule has 2 aliphatic rings. The first-order valence-corrected chi connectivity index (χ1v) is 9.62. The van der Waals surface area contributed by atoms with E-state index in [4.69, 9.17) is 4.99 Å². The lowest BCUT2D eigenvalue weighted by Gasteiger charge is -2.31. The maximum atomic E-state index is 9.61. The van der Waals surface area contributed by atoms with Gasteiger partial charge < -0.3 is 20.6 Å². The number of nitrogens with zero attached hydrogens (tertiary/aromatic N) is 2. The number of guanidine groups is 1. The van der Waals surface area contributed by atoms with Gasteiger partial charge in [-0.05, 0) is 52.5 Å². The Kier molecular flexibility index (Phi) is 11.3. The number of nitrogens with one attached hydrogen (secondary N) is 2. The molecule has 6 heteroatoms. The van der Waals surface area contributed by atoms with Crippen molar-refractivity contribution in [3.63, 3.8) is 0 Å². The Balaban J connectivity index is 0.00000288. The molecular formula is C18H37IN4O. The summed E-state index contributed by atoms with van der Waals surface area (Å²) in [4.78, 5) is 7.24. The zero-order valence-electron chi connectivity index (χ0n) is 15.5. The van der Waals surface area contributed by atoms with Gasteiger partial charge in [0.15, 0.2) is 5.96 Å². The van der Waals surface area contributed by atoms with Crippen LogP contribution in [0.4, 0.5) is 0 Å². The third-order valence-corrected chi connectivity index (χ3v) is 5.30. The maximum absolute atomic E-state index is 9.61.